The molecular formula is C14H12ClF2N. The molecule has 2 aromatic carbocycles. The van der Waals surface area contributed by atoms with Crippen LogP contribution in [0.2, 0.25) is 0 Å². The van der Waals surface area contributed by atoms with Crippen LogP contribution in [0, 0.1) is 11.6 Å². The van der Waals surface area contributed by atoms with E-state index in [2.05, 4.69) is 0 Å². The van der Waals surface area contributed by atoms with Gasteiger partial charge in [0.15, 0.2) is 0 Å². The Bertz CT molecular complexity index is 557. The van der Waals surface area contributed by atoms with Gasteiger partial charge in [-0.15, -0.1) is 11.6 Å². The molecule has 2 aromatic rings. The van der Waals surface area contributed by atoms with Crippen LogP contribution in [0.3, 0.4) is 0 Å². The number of para-hydroxylation sites is 1. The number of nitrogens with zero attached hydrogens (tertiary/aromatic N) is 1. The van der Waals surface area contributed by atoms with Gasteiger partial charge >= 0.3 is 0 Å². The summed E-state index contributed by atoms with van der Waals surface area (Å²) in [5, 5.41) is 0. The topological polar surface area (TPSA) is 3.24 Å². The van der Waals surface area contributed by atoms with Gasteiger partial charge in [0.2, 0.25) is 0 Å². The predicted octanol–water partition coefficient (Wildman–Crippen LogP) is 4.47. The van der Waals surface area contributed by atoms with Crippen molar-refractivity contribution in [1.82, 2.24) is 0 Å². The SMILES string of the molecule is CN(c1ccccc1F)c1ccc(F)cc1CCl. The molecule has 18 heavy (non-hydrogen) atoms. The molecule has 0 aromatic heterocycles. The molecule has 0 N–H and O–H groups in total. The van der Waals surface area contributed by atoms with Gasteiger partial charge in [0, 0.05) is 18.6 Å². The molecule has 1 nitrogen and oxygen atoms in total. The zero-order valence-electron chi connectivity index (χ0n) is 9.83. The van der Waals surface area contributed by atoms with E-state index >= 15 is 0 Å². The third-order valence-corrected chi connectivity index (χ3v) is 3.05. The third kappa shape index (κ3) is 2.46. The van der Waals surface area contributed by atoms with E-state index in [1.165, 1.54) is 18.2 Å². The van der Waals surface area contributed by atoms with Crippen molar-refractivity contribution < 1.29 is 8.78 Å². The molecule has 0 saturated heterocycles. The van der Waals surface area contributed by atoms with Gasteiger partial charge in [-0.2, -0.15) is 0 Å². The number of rotatable bonds is 3. The maximum absolute atomic E-state index is 13.7. The molecule has 2 rings (SSSR count). The van der Waals surface area contributed by atoms with Crippen molar-refractivity contribution in [3.05, 3.63) is 59.7 Å². The first-order valence-electron chi connectivity index (χ1n) is 5.46. The smallest absolute Gasteiger partial charge is 0.146 e. The van der Waals surface area contributed by atoms with Crippen LogP contribution < -0.4 is 4.90 Å². The summed E-state index contributed by atoms with van der Waals surface area (Å²) in [4.78, 5) is 1.66. The third-order valence-electron chi connectivity index (χ3n) is 2.76. The number of hydrogen-bond acceptors (Lipinski definition) is 1. The van der Waals surface area contributed by atoms with Gasteiger partial charge in [0.25, 0.3) is 0 Å². The average molecular weight is 268 g/mol. The minimum Gasteiger partial charge on any atom is -0.342 e. The summed E-state index contributed by atoms with van der Waals surface area (Å²) >= 11 is 5.79. The number of benzene rings is 2. The molecule has 0 fully saturated rings. The highest BCUT2D eigenvalue weighted by Gasteiger charge is 2.12. The quantitative estimate of drug-likeness (QED) is 0.742. The molecule has 0 bridgehead atoms. The summed E-state index contributed by atoms with van der Waals surface area (Å²) in [6, 6.07) is 10.7. The minimum absolute atomic E-state index is 0.173. The van der Waals surface area contributed by atoms with Crippen LogP contribution in [0.1, 0.15) is 5.56 Å². The van der Waals surface area contributed by atoms with Crippen molar-refractivity contribution in [2.75, 3.05) is 11.9 Å². The lowest BCUT2D eigenvalue weighted by Gasteiger charge is -2.22. The first kappa shape index (κ1) is 12.8. The van der Waals surface area contributed by atoms with E-state index in [1.54, 1.807) is 36.2 Å². The Labute approximate surface area is 110 Å². The number of anilines is 2. The van der Waals surface area contributed by atoms with Crippen molar-refractivity contribution in [1.29, 1.82) is 0 Å². The van der Waals surface area contributed by atoms with Crippen LogP contribution >= 0.6 is 11.6 Å². The van der Waals surface area contributed by atoms with Gasteiger partial charge in [-0.05, 0) is 35.9 Å². The average Bonchev–Trinajstić information content (AvgIpc) is 2.38. The first-order valence-corrected chi connectivity index (χ1v) is 5.99. The van der Waals surface area contributed by atoms with E-state index in [-0.39, 0.29) is 17.5 Å². The van der Waals surface area contributed by atoms with Crippen molar-refractivity contribution in [3.8, 4) is 0 Å². The molecule has 4 heteroatoms. The Kier molecular flexibility index (Phi) is 3.82. The molecule has 0 amide bonds. The second-order valence-electron chi connectivity index (χ2n) is 3.92. The van der Waals surface area contributed by atoms with E-state index in [0.717, 1.165) is 0 Å². The van der Waals surface area contributed by atoms with Gasteiger partial charge in [-0.1, -0.05) is 12.1 Å². The molecule has 0 spiro atoms. The highest BCUT2D eigenvalue weighted by atomic mass is 35.5. The van der Waals surface area contributed by atoms with E-state index in [4.69, 9.17) is 11.6 Å². The van der Waals surface area contributed by atoms with Crippen molar-refractivity contribution in [2.45, 2.75) is 5.88 Å². The molecule has 0 unspecified atom stereocenters. The molecule has 0 aliphatic rings. The molecule has 0 saturated carbocycles. The molecule has 0 aliphatic heterocycles. The van der Waals surface area contributed by atoms with Crippen LogP contribution in [-0.2, 0) is 5.88 Å². The highest BCUT2D eigenvalue weighted by molar-refractivity contribution is 6.17. The van der Waals surface area contributed by atoms with Gasteiger partial charge < -0.3 is 4.90 Å². The Morgan fingerprint density at radius 2 is 1.78 bits per heavy atom. The lowest BCUT2D eigenvalue weighted by atomic mass is 10.1. The van der Waals surface area contributed by atoms with Gasteiger partial charge in [-0.25, -0.2) is 8.78 Å². The van der Waals surface area contributed by atoms with Crippen molar-refractivity contribution in [2.24, 2.45) is 0 Å². The molecular weight excluding hydrogens is 256 g/mol. The van der Waals surface area contributed by atoms with E-state index in [0.29, 0.717) is 16.9 Å². The Morgan fingerprint density at radius 3 is 2.44 bits per heavy atom. The zero-order chi connectivity index (χ0) is 13.1. The summed E-state index contributed by atoms with van der Waals surface area (Å²) in [5.41, 5.74) is 1.74. The maximum Gasteiger partial charge on any atom is 0.146 e. The standard InChI is InChI=1S/C14H12ClF2N/c1-18(14-5-3-2-4-12(14)17)13-7-6-11(16)8-10(13)9-15/h2-8H,9H2,1H3. The molecule has 0 heterocycles. The molecule has 0 radical (unpaired) electrons. The first-order chi connectivity index (χ1) is 8.63. The van der Waals surface area contributed by atoms with Crippen LogP contribution in [-0.4, -0.2) is 7.05 Å². The maximum atomic E-state index is 13.7. The van der Waals surface area contributed by atoms with E-state index < -0.39 is 0 Å². The normalized spacial score (nSPS) is 10.4. The van der Waals surface area contributed by atoms with Crippen LogP contribution in [0.25, 0.3) is 0 Å². The van der Waals surface area contributed by atoms with Crippen molar-refractivity contribution in [3.63, 3.8) is 0 Å². The predicted molar refractivity (Wildman–Crippen MR) is 70.4 cm³/mol. The molecule has 94 valence electrons. The monoisotopic (exact) mass is 267 g/mol. The van der Waals surface area contributed by atoms with Crippen LogP contribution in [0.5, 0.6) is 0 Å². The summed E-state index contributed by atoms with van der Waals surface area (Å²) < 4.78 is 26.8. The summed E-state index contributed by atoms with van der Waals surface area (Å²) in [5.74, 6) is -0.507. The fraction of sp³-hybridized carbons (Fsp3) is 0.143. The second-order valence-corrected chi connectivity index (χ2v) is 4.18. The fourth-order valence-corrected chi connectivity index (χ4v) is 2.06. The largest absolute Gasteiger partial charge is 0.342 e. The number of hydrogen-bond donors (Lipinski definition) is 0. The Morgan fingerprint density at radius 1 is 1.06 bits per heavy atom. The van der Waals surface area contributed by atoms with Gasteiger partial charge in [0.05, 0.1) is 5.69 Å². The second kappa shape index (κ2) is 5.36. The summed E-state index contributed by atoms with van der Waals surface area (Å²) in [7, 11) is 1.72. The van der Waals surface area contributed by atoms with Crippen LogP contribution in [0.15, 0.2) is 42.5 Å². The molecule has 0 atom stereocenters. The summed E-state index contributed by atoms with van der Waals surface area (Å²) in [6.45, 7) is 0. The summed E-state index contributed by atoms with van der Waals surface area (Å²) in [6.07, 6.45) is 0. The number of alkyl halides is 1. The lowest BCUT2D eigenvalue weighted by Crippen LogP contribution is -2.13. The minimum atomic E-state index is -0.351. The fourth-order valence-electron chi connectivity index (χ4n) is 1.84. The lowest BCUT2D eigenvalue weighted by molar-refractivity contribution is 0.624. The van der Waals surface area contributed by atoms with Crippen LogP contribution in [0.4, 0.5) is 20.2 Å². The highest BCUT2D eigenvalue weighted by Crippen LogP contribution is 2.30. The Hall–Kier alpha value is -1.61. The van der Waals surface area contributed by atoms with E-state index in [9.17, 15) is 8.78 Å². The van der Waals surface area contributed by atoms with E-state index in [1.807, 2.05) is 0 Å². The van der Waals surface area contributed by atoms with Gasteiger partial charge in [0.1, 0.15) is 11.6 Å². The zero-order valence-corrected chi connectivity index (χ0v) is 10.6. The number of halogens is 3. The molecule has 0 aliphatic carbocycles. The van der Waals surface area contributed by atoms with Crippen molar-refractivity contribution >= 4 is 23.0 Å². The Balaban J connectivity index is 2.46. The van der Waals surface area contributed by atoms with Gasteiger partial charge in [-0.3, -0.25) is 0 Å².